The summed E-state index contributed by atoms with van der Waals surface area (Å²) in [4.78, 5) is 34.7. The number of nitro benzene ring substituents is 1. The van der Waals surface area contributed by atoms with Crippen LogP contribution in [0.2, 0.25) is 5.02 Å². The number of nitro groups is 1. The van der Waals surface area contributed by atoms with Gasteiger partial charge < -0.3 is 14.2 Å². The molecule has 148 valence electrons. The van der Waals surface area contributed by atoms with Crippen LogP contribution in [-0.2, 0) is 0 Å². The Morgan fingerprint density at radius 1 is 0.929 bits per heavy atom. The van der Waals surface area contributed by atoms with E-state index in [2.05, 4.69) is 10.9 Å². The summed E-state index contributed by atoms with van der Waals surface area (Å²) in [5.74, 6) is -0.617. The number of nitrogens with zero attached hydrogens (tertiary/aromatic N) is 1. The average molecular weight is 410 g/mol. The zero-order chi connectivity index (χ0) is 20.8. The summed E-state index contributed by atoms with van der Waals surface area (Å²) in [6, 6.07) is 6.31. The number of carbonyl (C=O) groups excluding carboxylic acids is 2. The van der Waals surface area contributed by atoms with Gasteiger partial charge in [0.1, 0.15) is 5.02 Å². The Hall–Kier alpha value is -3.53. The van der Waals surface area contributed by atoms with Gasteiger partial charge in [-0.3, -0.25) is 30.6 Å². The van der Waals surface area contributed by atoms with Gasteiger partial charge >= 0.3 is 0 Å². The summed E-state index contributed by atoms with van der Waals surface area (Å²) in [5.41, 5.74) is 4.02. The molecule has 11 heteroatoms. The molecule has 0 saturated heterocycles. The van der Waals surface area contributed by atoms with E-state index < -0.39 is 22.4 Å². The number of hydrogen-bond acceptors (Lipinski definition) is 7. The molecule has 0 radical (unpaired) electrons. The van der Waals surface area contributed by atoms with Crippen molar-refractivity contribution < 1.29 is 28.7 Å². The molecular weight excluding hydrogens is 394 g/mol. The SMILES string of the molecule is COc1cc(C(=O)NNC(=O)c2ccc(Cl)c([N+](=O)[O-])c2)cc(OC)c1OC. The smallest absolute Gasteiger partial charge is 0.288 e. The van der Waals surface area contributed by atoms with Crippen molar-refractivity contribution in [3.63, 3.8) is 0 Å². The maximum atomic E-state index is 12.3. The molecule has 0 aliphatic carbocycles. The minimum Gasteiger partial charge on any atom is -0.493 e. The molecule has 0 aliphatic heterocycles. The van der Waals surface area contributed by atoms with Crippen molar-refractivity contribution in [2.24, 2.45) is 0 Å². The van der Waals surface area contributed by atoms with Gasteiger partial charge in [0.2, 0.25) is 5.75 Å². The van der Waals surface area contributed by atoms with E-state index in [0.29, 0.717) is 5.75 Å². The van der Waals surface area contributed by atoms with Gasteiger partial charge in [0, 0.05) is 17.2 Å². The van der Waals surface area contributed by atoms with Gasteiger partial charge in [0.05, 0.1) is 26.3 Å². The highest BCUT2D eigenvalue weighted by atomic mass is 35.5. The van der Waals surface area contributed by atoms with Crippen LogP contribution in [0.4, 0.5) is 5.69 Å². The Morgan fingerprint density at radius 2 is 1.46 bits per heavy atom. The predicted molar refractivity (Wildman–Crippen MR) is 99.1 cm³/mol. The molecule has 0 heterocycles. The van der Waals surface area contributed by atoms with E-state index in [-0.39, 0.29) is 27.6 Å². The van der Waals surface area contributed by atoms with Crippen LogP contribution in [0.25, 0.3) is 0 Å². The molecular formula is C17H16ClN3O7. The number of amides is 2. The number of ether oxygens (including phenoxy) is 3. The summed E-state index contributed by atoms with van der Waals surface area (Å²) < 4.78 is 15.5. The molecule has 2 aromatic carbocycles. The van der Waals surface area contributed by atoms with Crippen LogP contribution in [0, 0.1) is 10.1 Å². The number of methoxy groups -OCH3 is 3. The normalized spacial score (nSPS) is 10.0. The molecule has 2 rings (SSSR count). The van der Waals surface area contributed by atoms with Crippen molar-refractivity contribution in [2.45, 2.75) is 0 Å². The first-order chi connectivity index (χ1) is 13.3. The predicted octanol–water partition coefficient (Wildman–Crippen LogP) is 2.35. The molecule has 0 aromatic heterocycles. The van der Waals surface area contributed by atoms with Crippen LogP contribution >= 0.6 is 11.6 Å². The van der Waals surface area contributed by atoms with Crippen molar-refractivity contribution in [1.29, 1.82) is 0 Å². The molecule has 0 fully saturated rings. The highest BCUT2D eigenvalue weighted by Gasteiger charge is 2.19. The lowest BCUT2D eigenvalue weighted by Gasteiger charge is -2.14. The first-order valence-electron chi connectivity index (χ1n) is 7.67. The second kappa shape index (κ2) is 8.91. The van der Waals surface area contributed by atoms with E-state index in [0.717, 1.165) is 6.07 Å². The molecule has 0 saturated carbocycles. The highest BCUT2D eigenvalue weighted by molar-refractivity contribution is 6.32. The zero-order valence-corrected chi connectivity index (χ0v) is 15.8. The Balaban J connectivity index is 2.17. The van der Waals surface area contributed by atoms with Gasteiger partial charge in [-0.1, -0.05) is 11.6 Å². The second-order valence-corrected chi connectivity index (χ2v) is 5.65. The highest BCUT2D eigenvalue weighted by Crippen LogP contribution is 2.38. The number of halogens is 1. The molecule has 2 amide bonds. The molecule has 0 bridgehead atoms. The number of nitrogens with one attached hydrogen (secondary N) is 2. The van der Waals surface area contributed by atoms with Crippen LogP contribution in [0.5, 0.6) is 17.2 Å². The molecule has 2 N–H and O–H groups in total. The van der Waals surface area contributed by atoms with Crippen molar-refractivity contribution in [3.05, 3.63) is 56.6 Å². The number of hydrazine groups is 1. The fourth-order valence-electron chi connectivity index (χ4n) is 2.26. The van der Waals surface area contributed by atoms with Gasteiger partial charge in [0.25, 0.3) is 17.5 Å². The monoisotopic (exact) mass is 409 g/mol. The van der Waals surface area contributed by atoms with Crippen LogP contribution in [-0.4, -0.2) is 38.1 Å². The first-order valence-corrected chi connectivity index (χ1v) is 8.04. The number of benzene rings is 2. The van der Waals surface area contributed by atoms with Crippen molar-refractivity contribution in [3.8, 4) is 17.2 Å². The standard InChI is InChI=1S/C17H16ClN3O7/c1-26-13-7-10(8-14(27-2)15(13)28-3)17(23)20-19-16(22)9-4-5-11(18)12(6-9)21(24)25/h4-8H,1-3H3,(H,19,22)(H,20,23). The van der Waals surface area contributed by atoms with Gasteiger partial charge in [-0.2, -0.15) is 0 Å². The molecule has 0 atom stereocenters. The maximum absolute atomic E-state index is 12.3. The van der Waals surface area contributed by atoms with Crippen molar-refractivity contribution in [2.75, 3.05) is 21.3 Å². The lowest BCUT2D eigenvalue weighted by molar-refractivity contribution is -0.384. The maximum Gasteiger partial charge on any atom is 0.288 e. The molecule has 0 unspecified atom stereocenters. The second-order valence-electron chi connectivity index (χ2n) is 5.25. The topological polar surface area (TPSA) is 129 Å². The van der Waals surface area contributed by atoms with Crippen LogP contribution in [0.1, 0.15) is 20.7 Å². The van der Waals surface area contributed by atoms with E-state index >= 15 is 0 Å². The van der Waals surface area contributed by atoms with Crippen LogP contribution in [0.3, 0.4) is 0 Å². The first kappa shape index (κ1) is 20.8. The Labute approximate surface area is 164 Å². The Morgan fingerprint density at radius 3 is 1.93 bits per heavy atom. The molecule has 0 aliphatic rings. The van der Waals surface area contributed by atoms with Gasteiger partial charge in [0.15, 0.2) is 11.5 Å². The Kier molecular flexibility index (Phi) is 6.61. The number of rotatable bonds is 6. The average Bonchev–Trinajstić information content (AvgIpc) is 2.70. The van der Waals surface area contributed by atoms with Gasteiger partial charge in [-0.15, -0.1) is 0 Å². The lowest BCUT2D eigenvalue weighted by Crippen LogP contribution is -2.41. The van der Waals surface area contributed by atoms with E-state index in [9.17, 15) is 19.7 Å². The van der Waals surface area contributed by atoms with Crippen molar-refractivity contribution >= 4 is 29.1 Å². The van der Waals surface area contributed by atoms with E-state index in [1.54, 1.807) is 0 Å². The molecule has 0 spiro atoms. The van der Waals surface area contributed by atoms with E-state index in [1.807, 2.05) is 0 Å². The lowest BCUT2D eigenvalue weighted by atomic mass is 10.1. The number of carbonyl (C=O) groups is 2. The van der Waals surface area contributed by atoms with Crippen molar-refractivity contribution in [1.82, 2.24) is 10.9 Å². The third kappa shape index (κ3) is 4.41. The summed E-state index contributed by atoms with van der Waals surface area (Å²) in [7, 11) is 4.22. The van der Waals surface area contributed by atoms with E-state index in [4.69, 9.17) is 25.8 Å². The largest absolute Gasteiger partial charge is 0.493 e. The van der Waals surface area contributed by atoms with Gasteiger partial charge in [-0.25, -0.2) is 0 Å². The van der Waals surface area contributed by atoms with Crippen LogP contribution < -0.4 is 25.1 Å². The number of hydrogen-bond donors (Lipinski definition) is 2. The zero-order valence-electron chi connectivity index (χ0n) is 15.1. The van der Waals surface area contributed by atoms with Crippen LogP contribution in [0.15, 0.2) is 30.3 Å². The summed E-state index contributed by atoms with van der Waals surface area (Å²) in [6.45, 7) is 0. The fraction of sp³-hybridized carbons (Fsp3) is 0.176. The minimum absolute atomic E-state index is 0.0544. The molecule has 2 aromatic rings. The third-order valence-electron chi connectivity index (χ3n) is 3.62. The molecule has 28 heavy (non-hydrogen) atoms. The van der Waals surface area contributed by atoms with E-state index in [1.165, 1.54) is 45.6 Å². The molecule has 10 nitrogen and oxygen atoms in total. The third-order valence-corrected chi connectivity index (χ3v) is 3.94. The summed E-state index contributed by atoms with van der Waals surface area (Å²) in [6.07, 6.45) is 0. The quantitative estimate of drug-likeness (QED) is 0.553. The minimum atomic E-state index is -0.763. The fourth-order valence-corrected chi connectivity index (χ4v) is 2.45. The summed E-state index contributed by atoms with van der Waals surface area (Å²) in [5, 5.41) is 10.8. The summed E-state index contributed by atoms with van der Waals surface area (Å²) >= 11 is 5.71. The van der Waals surface area contributed by atoms with Gasteiger partial charge in [-0.05, 0) is 24.3 Å². The Bertz CT molecular complexity index is 908.